The fraction of sp³-hybridized carbons (Fsp3) is 0.419. The summed E-state index contributed by atoms with van der Waals surface area (Å²) in [7, 11) is 0. The molecule has 192 valence electrons. The quantitative estimate of drug-likeness (QED) is 0.342. The Morgan fingerprint density at radius 1 is 0.944 bits per heavy atom. The van der Waals surface area contributed by atoms with Crippen molar-refractivity contribution in [2.45, 2.75) is 59.7 Å². The van der Waals surface area contributed by atoms with Crippen LogP contribution in [0.4, 0.5) is 5.69 Å². The summed E-state index contributed by atoms with van der Waals surface area (Å²) in [5.74, 6) is 2.89. The van der Waals surface area contributed by atoms with Gasteiger partial charge in [-0.1, -0.05) is 37.3 Å². The van der Waals surface area contributed by atoms with Gasteiger partial charge in [0.05, 0.1) is 0 Å². The molecular weight excluding hydrogens is 448 g/mol. The van der Waals surface area contributed by atoms with Crippen molar-refractivity contribution in [3.8, 4) is 17.2 Å². The number of anilines is 1. The molecule has 1 aliphatic rings. The van der Waals surface area contributed by atoms with E-state index in [2.05, 4.69) is 63.8 Å². The summed E-state index contributed by atoms with van der Waals surface area (Å²) in [6.45, 7) is 14.8. The molecular formula is C31H40N2O3. The summed E-state index contributed by atoms with van der Waals surface area (Å²) in [5, 5.41) is 0. The summed E-state index contributed by atoms with van der Waals surface area (Å²) >= 11 is 0. The van der Waals surface area contributed by atoms with Crippen LogP contribution in [0.5, 0.6) is 17.2 Å². The van der Waals surface area contributed by atoms with Crippen molar-refractivity contribution < 1.29 is 14.2 Å². The molecule has 36 heavy (non-hydrogen) atoms. The van der Waals surface area contributed by atoms with E-state index in [0.29, 0.717) is 13.2 Å². The van der Waals surface area contributed by atoms with Crippen molar-refractivity contribution >= 4 is 5.69 Å². The van der Waals surface area contributed by atoms with Crippen LogP contribution in [-0.4, -0.2) is 36.7 Å². The van der Waals surface area contributed by atoms with Crippen molar-refractivity contribution in [3.63, 3.8) is 0 Å². The van der Waals surface area contributed by atoms with Crippen LogP contribution in [0, 0.1) is 20.8 Å². The Morgan fingerprint density at radius 2 is 1.67 bits per heavy atom. The van der Waals surface area contributed by atoms with E-state index in [1.807, 2.05) is 30.3 Å². The Kier molecular flexibility index (Phi) is 8.10. The Bertz CT molecular complexity index is 1160. The van der Waals surface area contributed by atoms with Gasteiger partial charge >= 0.3 is 0 Å². The molecule has 1 unspecified atom stereocenters. The lowest BCUT2D eigenvalue weighted by Crippen LogP contribution is -2.48. The first-order valence-corrected chi connectivity index (χ1v) is 13.0. The SMILES string of the molecule is CCN(CCOc1ccc(N)cc1)CC1(C)CCc2c(C)c(OCc3ccccc3)c(C)c(C)c2O1. The third-order valence-corrected chi connectivity index (χ3v) is 7.35. The highest BCUT2D eigenvalue weighted by Crippen LogP contribution is 2.44. The minimum atomic E-state index is -0.250. The van der Waals surface area contributed by atoms with Crippen molar-refractivity contribution in [1.29, 1.82) is 0 Å². The molecule has 0 aromatic heterocycles. The van der Waals surface area contributed by atoms with Crippen molar-refractivity contribution in [3.05, 3.63) is 82.4 Å². The summed E-state index contributed by atoms with van der Waals surface area (Å²) in [6.07, 6.45) is 1.96. The van der Waals surface area contributed by atoms with E-state index < -0.39 is 0 Å². The van der Waals surface area contributed by atoms with Gasteiger partial charge in [-0.05, 0) is 93.6 Å². The summed E-state index contributed by atoms with van der Waals surface area (Å²) in [6, 6.07) is 17.9. The van der Waals surface area contributed by atoms with Gasteiger partial charge in [0, 0.05) is 24.3 Å². The number of likely N-dealkylation sites (N-methyl/N-ethyl adjacent to an activating group) is 1. The molecule has 1 aliphatic heterocycles. The third-order valence-electron chi connectivity index (χ3n) is 7.35. The van der Waals surface area contributed by atoms with E-state index in [0.717, 1.165) is 61.0 Å². The second kappa shape index (κ2) is 11.3. The number of nitrogens with zero attached hydrogens (tertiary/aromatic N) is 1. The standard InChI is InChI=1S/C31H40N2O3/c1-6-33(18-19-34-27-14-12-26(32)13-15-27)21-31(5)17-16-28-24(4)29(22(2)23(3)30(28)36-31)35-20-25-10-8-7-9-11-25/h7-15H,6,16-21,32H2,1-5H3. The van der Waals surface area contributed by atoms with Gasteiger partial charge in [0.1, 0.15) is 36.1 Å². The molecule has 0 aliphatic carbocycles. The van der Waals surface area contributed by atoms with Gasteiger partial charge in [0.25, 0.3) is 0 Å². The summed E-state index contributed by atoms with van der Waals surface area (Å²) in [5.41, 5.74) is 12.3. The van der Waals surface area contributed by atoms with Crippen LogP contribution in [0.3, 0.4) is 0 Å². The molecule has 0 saturated carbocycles. The van der Waals surface area contributed by atoms with Crippen LogP contribution in [0.1, 0.15) is 48.1 Å². The molecule has 3 aromatic carbocycles. The van der Waals surface area contributed by atoms with Gasteiger partial charge in [0.2, 0.25) is 0 Å². The van der Waals surface area contributed by atoms with Crippen molar-refractivity contribution in [1.82, 2.24) is 4.90 Å². The normalized spacial score (nSPS) is 16.9. The highest BCUT2D eigenvalue weighted by molar-refractivity contribution is 5.59. The molecule has 5 nitrogen and oxygen atoms in total. The molecule has 0 saturated heterocycles. The Hall–Kier alpha value is -3.18. The Morgan fingerprint density at radius 3 is 2.36 bits per heavy atom. The molecule has 0 spiro atoms. The molecule has 4 rings (SSSR count). The molecule has 0 bridgehead atoms. The second-order valence-electron chi connectivity index (χ2n) is 10.1. The minimum absolute atomic E-state index is 0.250. The van der Waals surface area contributed by atoms with Crippen LogP contribution < -0.4 is 19.9 Å². The van der Waals surface area contributed by atoms with Gasteiger partial charge in [-0.3, -0.25) is 4.90 Å². The predicted molar refractivity (Wildman–Crippen MR) is 147 cm³/mol. The predicted octanol–water partition coefficient (Wildman–Crippen LogP) is 6.26. The largest absolute Gasteiger partial charge is 0.492 e. The number of hydrogen-bond donors (Lipinski definition) is 1. The van der Waals surface area contributed by atoms with Gasteiger partial charge < -0.3 is 19.9 Å². The fourth-order valence-corrected chi connectivity index (χ4v) is 5.02. The first-order chi connectivity index (χ1) is 17.3. The number of ether oxygens (including phenoxy) is 3. The van der Waals surface area contributed by atoms with Crippen molar-refractivity contribution in [2.75, 3.05) is 32.0 Å². The molecule has 0 radical (unpaired) electrons. The zero-order chi connectivity index (χ0) is 25.7. The maximum atomic E-state index is 6.79. The number of nitrogens with two attached hydrogens (primary N) is 1. The number of fused-ring (bicyclic) bond motifs is 1. The lowest BCUT2D eigenvalue weighted by Gasteiger charge is -2.41. The highest BCUT2D eigenvalue weighted by Gasteiger charge is 2.36. The Balaban J connectivity index is 1.42. The Labute approximate surface area is 216 Å². The van der Waals surface area contributed by atoms with Gasteiger partial charge in [-0.2, -0.15) is 0 Å². The minimum Gasteiger partial charge on any atom is -0.492 e. The molecule has 0 fully saturated rings. The average Bonchev–Trinajstić information content (AvgIpc) is 2.88. The van der Waals surface area contributed by atoms with Crippen LogP contribution in [-0.2, 0) is 13.0 Å². The summed E-state index contributed by atoms with van der Waals surface area (Å²) < 4.78 is 19.1. The first-order valence-electron chi connectivity index (χ1n) is 13.0. The summed E-state index contributed by atoms with van der Waals surface area (Å²) in [4.78, 5) is 2.41. The zero-order valence-electron chi connectivity index (χ0n) is 22.4. The topological polar surface area (TPSA) is 57.0 Å². The van der Waals surface area contributed by atoms with E-state index in [1.165, 1.54) is 22.3 Å². The highest BCUT2D eigenvalue weighted by atomic mass is 16.5. The van der Waals surface area contributed by atoms with Crippen molar-refractivity contribution in [2.24, 2.45) is 0 Å². The van der Waals surface area contributed by atoms with Crippen LogP contribution in [0.2, 0.25) is 0 Å². The maximum absolute atomic E-state index is 6.79. The van der Waals surface area contributed by atoms with Crippen LogP contribution in [0.15, 0.2) is 54.6 Å². The monoisotopic (exact) mass is 488 g/mol. The number of hydrogen-bond acceptors (Lipinski definition) is 5. The maximum Gasteiger partial charge on any atom is 0.127 e. The van der Waals surface area contributed by atoms with Crippen LogP contribution >= 0.6 is 0 Å². The molecule has 3 aromatic rings. The zero-order valence-corrected chi connectivity index (χ0v) is 22.4. The first kappa shape index (κ1) is 25.9. The van der Waals surface area contributed by atoms with E-state index in [9.17, 15) is 0 Å². The lowest BCUT2D eigenvalue weighted by atomic mass is 9.86. The van der Waals surface area contributed by atoms with E-state index >= 15 is 0 Å². The number of rotatable bonds is 10. The van der Waals surface area contributed by atoms with Crippen LogP contribution in [0.25, 0.3) is 0 Å². The van der Waals surface area contributed by atoms with Gasteiger partial charge in [0.15, 0.2) is 0 Å². The van der Waals surface area contributed by atoms with E-state index in [1.54, 1.807) is 0 Å². The smallest absolute Gasteiger partial charge is 0.127 e. The second-order valence-corrected chi connectivity index (χ2v) is 10.1. The van der Waals surface area contributed by atoms with Gasteiger partial charge in [-0.25, -0.2) is 0 Å². The van der Waals surface area contributed by atoms with Gasteiger partial charge in [-0.15, -0.1) is 0 Å². The van der Waals surface area contributed by atoms with E-state index in [-0.39, 0.29) is 5.60 Å². The molecule has 0 amide bonds. The third kappa shape index (κ3) is 5.96. The number of benzene rings is 3. The molecule has 1 heterocycles. The average molecular weight is 489 g/mol. The fourth-order valence-electron chi connectivity index (χ4n) is 5.02. The molecule has 5 heteroatoms. The lowest BCUT2D eigenvalue weighted by molar-refractivity contribution is 0.0223. The molecule has 2 N–H and O–H groups in total. The molecule has 1 atom stereocenters. The number of nitrogen functional groups attached to an aromatic ring is 1. The van der Waals surface area contributed by atoms with E-state index in [4.69, 9.17) is 19.9 Å².